The number of hydrogen-bond acceptors (Lipinski definition) is 2. The molecule has 1 aromatic carbocycles. The predicted molar refractivity (Wildman–Crippen MR) is 80.8 cm³/mol. The summed E-state index contributed by atoms with van der Waals surface area (Å²) in [5.74, 6) is 0.244. The fraction of sp³-hybridized carbons (Fsp3) is 0.533. The Bertz CT molecular complexity index is 405. The van der Waals surface area contributed by atoms with Gasteiger partial charge >= 0.3 is 0 Å². The minimum atomic E-state index is 0. The van der Waals surface area contributed by atoms with E-state index in [-0.39, 0.29) is 18.3 Å². The number of nitrogens with one attached hydrogen (secondary N) is 1. The third kappa shape index (κ3) is 4.22. The minimum absolute atomic E-state index is 0. The maximum Gasteiger partial charge on any atom is 0.227 e. The Balaban J connectivity index is 0.00000180. The van der Waals surface area contributed by atoms with Crippen LogP contribution in [0.15, 0.2) is 24.3 Å². The molecule has 1 N–H and O–H groups in total. The van der Waals surface area contributed by atoms with Crippen LogP contribution < -0.4 is 5.32 Å². The number of nitrogens with zero attached hydrogens (tertiary/aromatic N) is 1. The highest BCUT2D eigenvalue weighted by atomic mass is 35.5. The number of halogens is 1. The molecule has 19 heavy (non-hydrogen) atoms. The zero-order valence-corrected chi connectivity index (χ0v) is 12.5. The van der Waals surface area contributed by atoms with Gasteiger partial charge in [0.2, 0.25) is 5.91 Å². The van der Waals surface area contributed by atoms with Crippen LogP contribution in [0.3, 0.4) is 0 Å². The lowest BCUT2D eigenvalue weighted by Gasteiger charge is -2.34. The van der Waals surface area contributed by atoms with Crippen LogP contribution in [-0.2, 0) is 17.6 Å². The lowest BCUT2D eigenvalue weighted by atomic mass is 10.1. The third-order valence-electron chi connectivity index (χ3n) is 3.61. The average Bonchev–Trinajstić information content (AvgIpc) is 2.40. The molecule has 1 heterocycles. The van der Waals surface area contributed by atoms with Gasteiger partial charge in [-0.05, 0) is 24.5 Å². The molecule has 0 spiro atoms. The first-order valence-corrected chi connectivity index (χ1v) is 6.78. The Kier molecular flexibility index (Phi) is 6.32. The van der Waals surface area contributed by atoms with Gasteiger partial charge in [-0.1, -0.05) is 31.2 Å². The second-order valence-electron chi connectivity index (χ2n) is 4.99. The normalized spacial score (nSPS) is 18.8. The van der Waals surface area contributed by atoms with E-state index >= 15 is 0 Å². The van der Waals surface area contributed by atoms with Gasteiger partial charge in [-0.15, -0.1) is 12.4 Å². The Morgan fingerprint density at radius 3 is 2.53 bits per heavy atom. The van der Waals surface area contributed by atoms with Crippen LogP contribution in [0, 0.1) is 0 Å². The summed E-state index contributed by atoms with van der Waals surface area (Å²) >= 11 is 0. The van der Waals surface area contributed by atoms with Crippen molar-refractivity contribution in [2.75, 3.05) is 19.6 Å². The van der Waals surface area contributed by atoms with E-state index in [2.05, 4.69) is 43.4 Å². The van der Waals surface area contributed by atoms with E-state index in [0.29, 0.717) is 12.5 Å². The van der Waals surface area contributed by atoms with E-state index in [9.17, 15) is 4.79 Å². The van der Waals surface area contributed by atoms with Crippen LogP contribution >= 0.6 is 12.4 Å². The Labute approximate surface area is 121 Å². The first-order valence-electron chi connectivity index (χ1n) is 6.78. The highest BCUT2D eigenvalue weighted by molar-refractivity contribution is 5.85. The van der Waals surface area contributed by atoms with Crippen LogP contribution in [0.5, 0.6) is 0 Å². The molecule has 1 aliphatic rings. The number of hydrogen-bond donors (Lipinski definition) is 1. The molecule has 4 heteroatoms. The predicted octanol–water partition coefficient (Wildman–Crippen LogP) is 2.03. The van der Waals surface area contributed by atoms with Crippen molar-refractivity contribution in [3.05, 3.63) is 35.4 Å². The van der Waals surface area contributed by atoms with Crippen molar-refractivity contribution in [2.45, 2.75) is 32.7 Å². The molecule has 1 aromatic rings. The smallest absolute Gasteiger partial charge is 0.227 e. The molecule has 0 aromatic heterocycles. The zero-order valence-electron chi connectivity index (χ0n) is 11.7. The topological polar surface area (TPSA) is 32.3 Å². The van der Waals surface area contributed by atoms with Gasteiger partial charge in [-0.2, -0.15) is 0 Å². The lowest BCUT2D eigenvalue weighted by molar-refractivity contribution is -0.133. The monoisotopic (exact) mass is 282 g/mol. The van der Waals surface area contributed by atoms with Gasteiger partial charge < -0.3 is 10.2 Å². The summed E-state index contributed by atoms with van der Waals surface area (Å²) in [5, 5.41) is 3.30. The second-order valence-corrected chi connectivity index (χ2v) is 4.99. The summed E-state index contributed by atoms with van der Waals surface area (Å²) in [6.45, 7) is 6.88. The zero-order chi connectivity index (χ0) is 13.0. The summed E-state index contributed by atoms with van der Waals surface area (Å²) in [4.78, 5) is 14.2. The number of aryl methyl sites for hydroxylation is 1. The largest absolute Gasteiger partial charge is 0.337 e. The Morgan fingerprint density at radius 2 is 1.95 bits per heavy atom. The maximum atomic E-state index is 12.2. The van der Waals surface area contributed by atoms with Crippen molar-refractivity contribution in [1.82, 2.24) is 10.2 Å². The molecule has 0 unspecified atom stereocenters. The highest BCUT2D eigenvalue weighted by Crippen LogP contribution is 2.10. The number of carbonyl (C=O) groups excluding carboxylic acids is 1. The lowest BCUT2D eigenvalue weighted by Crippen LogP contribution is -2.52. The number of amides is 1. The SMILES string of the molecule is CCc1ccc(CC(=O)N2CCNC[C@@H]2C)cc1.Cl. The van der Waals surface area contributed by atoms with E-state index < -0.39 is 0 Å². The van der Waals surface area contributed by atoms with Crippen molar-refractivity contribution >= 4 is 18.3 Å². The first-order chi connectivity index (χ1) is 8.70. The van der Waals surface area contributed by atoms with E-state index in [0.717, 1.165) is 31.6 Å². The summed E-state index contributed by atoms with van der Waals surface area (Å²) in [7, 11) is 0. The Hall–Kier alpha value is -1.06. The molecule has 0 bridgehead atoms. The number of carbonyl (C=O) groups is 1. The molecule has 2 rings (SSSR count). The molecule has 1 fully saturated rings. The van der Waals surface area contributed by atoms with Crippen molar-refractivity contribution in [2.24, 2.45) is 0 Å². The molecule has 106 valence electrons. The van der Waals surface area contributed by atoms with Gasteiger partial charge in [0.05, 0.1) is 6.42 Å². The van der Waals surface area contributed by atoms with E-state index in [1.54, 1.807) is 0 Å². The summed E-state index contributed by atoms with van der Waals surface area (Å²) < 4.78 is 0. The van der Waals surface area contributed by atoms with E-state index in [4.69, 9.17) is 0 Å². The third-order valence-corrected chi connectivity index (χ3v) is 3.61. The molecule has 1 saturated heterocycles. The van der Waals surface area contributed by atoms with Gasteiger partial charge in [0.25, 0.3) is 0 Å². The molecule has 0 radical (unpaired) electrons. The molecular formula is C15H23ClN2O. The molecule has 1 aliphatic heterocycles. The van der Waals surface area contributed by atoms with Gasteiger partial charge in [0, 0.05) is 25.7 Å². The standard InChI is InChI=1S/C15H22N2O.ClH/c1-3-13-4-6-14(7-5-13)10-15(18)17-9-8-16-11-12(17)2;/h4-7,12,16H,3,8-11H2,1-2H3;1H/t12-;/m0./s1. The van der Waals surface area contributed by atoms with Crippen LogP contribution in [0.25, 0.3) is 0 Å². The number of benzene rings is 1. The molecule has 0 aliphatic carbocycles. The molecule has 1 amide bonds. The van der Waals surface area contributed by atoms with Gasteiger partial charge in [0.1, 0.15) is 0 Å². The van der Waals surface area contributed by atoms with Crippen molar-refractivity contribution in [3.63, 3.8) is 0 Å². The summed E-state index contributed by atoms with van der Waals surface area (Å²) in [6.07, 6.45) is 1.57. The summed E-state index contributed by atoms with van der Waals surface area (Å²) in [6, 6.07) is 8.68. The van der Waals surface area contributed by atoms with E-state index in [1.807, 2.05) is 4.90 Å². The quantitative estimate of drug-likeness (QED) is 0.920. The molecule has 1 atom stereocenters. The van der Waals surface area contributed by atoms with E-state index in [1.165, 1.54) is 5.56 Å². The van der Waals surface area contributed by atoms with Gasteiger partial charge in [0.15, 0.2) is 0 Å². The highest BCUT2D eigenvalue weighted by Gasteiger charge is 2.22. The minimum Gasteiger partial charge on any atom is -0.337 e. The average molecular weight is 283 g/mol. The van der Waals surface area contributed by atoms with Gasteiger partial charge in [-0.3, -0.25) is 4.79 Å². The van der Waals surface area contributed by atoms with Crippen LogP contribution in [0.2, 0.25) is 0 Å². The van der Waals surface area contributed by atoms with Crippen LogP contribution in [0.4, 0.5) is 0 Å². The summed E-state index contributed by atoms with van der Waals surface area (Å²) in [5.41, 5.74) is 2.43. The fourth-order valence-corrected chi connectivity index (χ4v) is 2.38. The van der Waals surface area contributed by atoms with Crippen molar-refractivity contribution in [3.8, 4) is 0 Å². The van der Waals surface area contributed by atoms with Crippen LogP contribution in [0.1, 0.15) is 25.0 Å². The molecule has 3 nitrogen and oxygen atoms in total. The first kappa shape index (κ1) is 16.0. The van der Waals surface area contributed by atoms with Gasteiger partial charge in [-0.25, -0.2) is 0 Å². The Morgan fingerprint density at radius 1 is 1.32 bits per heavy atom. The number of piperazine rings is 1. The van der Waals surface area contributed by atoms with Crippen molar-refractivity contribution in [1.29, 1.82) is 0 Å². The molecular weight excluding hydrogens is 260 g/mol. The number of rotatable bonds is 3. The fourth-order valence-electron chi connectivity index (χ4n) is 2.38. The van der Waals surface area contributed by atoms with Crippen LogP contribution in [-0.4, -0.2) is 36.5 Å². The van der Waals surface area contributed by atoms with Crippen molar-refractivity contribution < 1.29 is 4.79 Å². The maximum absolute atomic E-state index is 12.2. The molecule has 0 saturated carbocycles. The second kappa shape index (κ2) is 7.51.